The van der Waals surface area contributed by atoms with Crippen molar-refractivity contribution < 1.29 is 4.74 Å². The summed E-state index contributed by atoms with van der Waals surface area (Å²) in [4.78, 5) is 0. The summed E-state index contributed by atoms with van der Waals surface area (Å²) in [7, 11) is 0. The molecule has 15 heavy (non-hydrogen) atoms. The summed E-state index contributed by atoms with van der Waals surface area (Å²) in [6.07, 6.45) is 4.55. The van der Waals surface area contributed by atoms with Crippen LogP contribution in [0.5, 0.6) is 0 Å². The summed E-state index contributed by atoms with van der Waals surface area (Å²) in [5, 5.41) is 3.31. The molecule has 0 radical (unpaired) electrons. The summed E-state index contributed by atoms with van der Waals surface area (Å²) < 4.78 is 5.98. The van der Waals surface area contributed by atoms with Gasteiger partial charge in [0.1, 0.15) is 6.10 Å². The Morgan fingerprint density at radius 1 is 1.60 bits per heavy atom. The lowest BCUT2D eigenvalue weighted by Gasteiger charge is -2.19. The standard InChI is InChI=1S/C13H23NO/c1-5-11(4)8-13(10(2)3)15-12-6-7-14-9-12/h8,10,12,14H,4-7,9H2,1-3H3/b13-8+. The number of allylic oxidation sites excluding steroid dienone is 3. The Hall–Kier alpha value is -0.760. The van der Waals surface area contributed by atoms with Gasteiger partial charge in [-0.15, -0.1) is 0 Å². The molecule has 0 saturated carbocycles. The molecule has 86 valence electrons. The van der Waals surface area contributed by atoms with E-state index >= 15 is 0 Å². The van der Waals surface area contributed by atoms with Crippen LogP contribution in [0.15, 0.2) is 24.0 Å². The molecule has 0 aromatic rings. The van der Waals surface area contributed by atoms with Crippen molar-refractivity contribution in [1.82, 2.24) is 5.32 Å². The van der Waals surface area contributed by atoms with E-state index in [0.717, 1.165) is 37.3 Å². The Kier molecular flexibility index (Phi) is 4.89. The molecule has 0 aromatic carbocycles. The Balaban J connectivity index is 2.57. The molecule has 2 nitrogen and oxygen atoms in total. The van der Waals surface area contributed by atoms with Crippen LogP contribution in [0.25, 0.3) is 0 Å². The van der Waals surface area contributed by atoms with E-state index in [-0.39, 0.29) is 0 Å². The molecule has 0 spiro atoms. The Morgan fingerprint density at radius 2 is 2.33 bits per heavy atom. The van der Waals surface area contributed by atoms with Crippen LogP contribution < -0.4 is 5.32 Å². The molecule has 1 saturated heterocycles. The first kappa shape index (κ1) is 12.3. The molecule has 2 heteroatoms. The van der Waals surface area contributed by atoms with Gasteiger partial charge in [0, 0.05) is 12.5 Å². The summed E-state index contributed by atoms with van der Waals surface area (Å²) in [5.41, 5.74) is 1.14. The van der Waals surface area contributed by atoms with Gasteiger partial charge in [0.15, 0.2) is 0 Å². The molecule has 1 fully saturated rings. The van der Waals surface area contributed by atoms with Crippen molar-refractivity contribution in [2.24, 2.45) is 5.92 Å². The highest BCUT2D eigenvalue weighted by Gasteiger charge is 2.18. The van der Waals surface area contributed by atoms with E-state index in [4.69, 9.17) is 4.74 Å². The first-order valence-electron chi connectivity index (χ1n) is 5.90. The van der Waals surface area contributed by atoms with Gasteiger partial charge in [-0.1, -0.05) is 32.9 Å². The van der Waals surface area contributed by atoms with Gasteiger partial charge in [0.25, 0.3) is 0 Å². The predicted octanol–water partition coefficient (Wildman–Crippen LogP) is 2.87. The van der Waals surface area contributed by atoms with Crippen molar-refractivity contribution in [2.75, 3.05) is 13.1 Å². The van der Waals surface area contributed by atoms with Crippen LogP contribution in [0.3, 0.4) is 0 Å². The molecule has 0 aliphatic carbocycles. The van der Waals surface area contributed by atoms with Gasteiger partial charge >= 0.3 is 0 Å². The van der Waals surface area contributed by atoms with E-state index in [9.17, 15) is 0 Å². The molecule has 0 amide bonds. The summed E-state index contributed by atoms with van der Waals surface area (Å²) >= 11 is 0. The second-order valence-corrected chi connectivity index (χ2v) is 4.45. The van der Waals surface area contributed by atoms with Crippen molar-refractivity contribution in [2.45, 2.75) is 39.7 Å². The Labute approximate surface area is 93.4 Å². The van der Waals surface area contributed by atoms with Crippen LogP contribution in [0.4, 0.5) is 0 Å². The van der Waals surface area contributed by atoms with Crippen LogP contribution in [0.1, 0.15) is 33.6 Å². The highest BCUT2D eigenvalue weighted by atomic mass is 16.5. The largest absolute Gasteiger partial charge is 0.493 e. The third-order valence-corrected chi connectivity index (χ3v) is 2.69. The summed E-state index contributed by atoms with van der Waals surface area (Å²) in [5.74, 6) is 1.52. The zero-order valence-electron chi connectivity index (χ0n) is 10.2. The smallest absolute Gasteiger partial charge is 0.112 e. The maximum absolute atomic E-state index is 5.98. The number of nitrogens with one attached hydrogen (secondary N) is 1. The third kappa shape index (κ3) is 4.08. The average Bonchev–Trinajstić information content (AvgIpc) is 2.69. The lowest BCUT2D eigenvalue weighted by atomic mass is 10.1. The second-order valence-electron chi connectivity index (χ2n) is 4.45. The first-order chi connectivity index (χ1) is 7.13. The van der Waals surface area contributed by atoms with E-state index < -0.39 is 0 Å². The molecule has 0 bridgehead atoms. The van der Waals surface area contributed by atoms with Gasteiger partial charge in [0.05, 0.1) is 5.76 Å². The predicted molar refractivity (Wildman–Crippen MR) is 64.7 cm³/mol. The normalized spacial score (nSPS) is 22.1. The summed E-state index contributed by atoms with van der Waals surface area (Å²) in [6, 6.07) is 0. The molecule has 1 aliphatic rings. The second kappa shape index (κ2) is 5.96. The van der Waals surface area contributed by atoms with E-state index in [1.807, 2.05) is 0 Å². The average molecular weight is 209 g/mol. The lowest BCUT2D eigenvalue weighted by Crippen LogP contribution is -2.18. The Bertz CT molecular complexity index is 237. The minimum atomic E-state index is 0.350. The van der Waals surface area contributed by atoms with E-state index in [1.165, 1.54) is 0 Å². The number of ether oxygens (including phenoxy) is 1. The highest BCUT2D eigenvalue weighted by Crippen LogP contribution is 2.19. The van der Waals surface area contributed by atoms with E-state index in [2.05, 4.69) is 38.7 Å². The highest BCUT2D eigenvalue weighted by molar-refractivity contribution is 5.18. The molecular formula is C13H23NO. The van der Waals surface area contributed by atoms with Gasteiger partial charge in [-0.3, -0.25) is 0 Å². The van der Waals surface area contributed by atoms with E-state index in [1.54, 1.807) is 0 Å². The minimum absolute atomic E-state index is 0.350. The SMILES string of the molecule is C=C(/C=C(/OC1CCNC1)C(C)C)CC. The minimum Gasteiger partial charge on any atom is -0.493 e. The Morgan fingerprint density at radius 3 is 2.80 bits per heavy atom. The third-order valence-electron chi connectivity index (χ3n) is 2.69. The van der Waals surface area contributed by atoms with Crippen molar-refractivity contribution >= 4 is 0 Å². The number of hydrogen-bond donors (Lipinski definition) is 1. The zero-order valence-corrected chi connectivity index (χ0v) is 10.2. The van der Waals surface area contributed by atoms with Crippen molar-refractivity contribution in [3.8, 4) is 0 Å². The maximum Gasteiger partial charge on any atom is 0.112 e. The molecule has 0 aromatic heterocycles. The van der Waals surface area contributed by atoms with Gasteiger partial charge in [-0.25, -0.2) is 0 Å². The maximum atomic E-state index is 5.98. The van der Waals surface area contributed by atoms with Crippen LogP contribution >= 0.6 is 0 Å². The van der Waals surface area contributed by atoms with Gasteiger partial charge in [-0.05, 0) is 25.5 Å². The topological polar surface area (TPSA) is 21.3 Å². The first-order valence-corrected chi connectivity index (χ1v) is 5.90. The molecule has 1 rings (SSSR count). The molecule has 1 atom stereocenters. The van der Waals surface area contributed by atoms with Crippen LogP contribution in [0.2, 0.25) is 0 Å². The number of hydrogen-bond acceptors (Lipinski definition) is 2. The van der Waals surface area contributed by atoms with Crippen LogP contribution in [-0.2, 0) is 4.74 Å². The van der Waals surface area contributed by atoms with Gasteiger partial charge < -0.3 is 10.1 Å². The monoisotopic (exact) mass is 209 g/mol. The quantitative estimate of drug-likeness (QED) is 0.555. The molecule has 1 unspecified atom stereocenters. The lowest BCUT2D eigenvalue weighted by molar-refractivity contribution is 0.113. The van der Waals surface area contributed by atoms with Crippen molar-refractivity contribution in [3.63, 3.8) is 0 Å². The van der Waals surface area contributed by atoms with E-state index in [0.29, 0.717) is 12.0 Å². The summed E-state index contributed by atoms with van der Waals surface area (Å²) in [6.45, 7) is 12.5. The van der Waals surface area contributed by atoms with Crippen molar-refractivity contribution in [1.29, 1.82) is 0 Å². The van der Waals surface area contributed by atoms with Gasteiger partial charge in [0.2, 0.25) is 0 Å². The fourth-order valence-electron chi connectivity index (χ4n) is 1.56. The zero-order chi connectivity index (χ0) is 11.3. The van der Waals surface area contributed by atoms with Crippen LogP contribution in [-0.4, -0.2) is 19.2 Å². The molecule has 1 aliphatic heterocycles. The fraction of sp³-hybridized carbons (Fsp3) is 0.692. The molecule has 1 heterocycles. The molecule has 1 N–H and O–H groups in total. The fourth-order valence-corrected chi connectivity index (χ4v) is 1.56. The van der Waals surface area contributed by atoms with Crippen molar-refractivity contribution in [3.05, 3.63) is 24.0 Å². The number of rotatable bonds is 5. The van der Waals surface area contributed by atoms with Crippen LogP contribution in [0, 0.1) is 5.92 Å². The molecular weight excluding hydrogens is 186 g/mol. The van der Waals surface area contributed by atoms with Gasteiger partial charge in [-0.2, -0.15) is 0 Å².